The second-order valence-corrected chi connectivity index (χ2v) is 12.5. The molecule has 0 saturated carbocycles. The maximum absolute atomic E-state index is 12.4. The smallest absolute Gasteiger partial charge is 0.462 e. The van der Waals surface area contributed by atoms with Crippen LogP contribution in [0.2, 0.25) is 0 Å². The average Bonchev–Trinajstić information content (AvgIpc) is 3.01. The van der Waals surface area contributed by atoms with Crippen LogP contribution < -0.4 is 0 Å². The minimum atomic E-state index is -4.26. The molecule has 44 heavy (non-hydrogen) atoms. The molecule has 0 fully saturated rings. The van der Waals surface area contributed by atoms with E-state index in [1.54, 1.807) is 0 Å². The third kappa shape index (κ3) is 30.1. The lowest BCUT2D eigenvalue weighted by Gasteiger charge is -2.19. The van der Waals surface area contributed by atoms with Crippen molar-refractivity contribution in [2.45, 2.75) is 142 Å². The molecule has 0 saturated heterocycles. The fraction of sp³-hybridized carbons (Fsp3) is 0.714. The molecule has 0 spiro atoms. The van der Waals surface area contributed by atoms with Crippen LogP contribution in [0.4, 0.5) is 0 Å². The standard InChI is InChI=1S/C35H61O8P/c1-4-6-8-10-12-14-15-16-17-18-19-20-21-22-24-26-28-30-35(37)43-33(32-42-44(38,39)40-3)31-41-34(36)29-27-25-23-13-11-9-7-5-2/h12,14,16-17,19-20,22,24,33H,4-11,13,15,18,21,23,25-32H2,1-3H3,(H,38,39)/b14-12+,17-16+,20-19-,24-22-/t33-/m1/s1. The second kappa shape index (κ2) is 31.0. The zero-order valence-corrected chi connectivity index (χ0v) is 28.7. The normalized spacial score (nSPS) is 14.2. The monoisotopic (exact) mass is 640 g/mol. The maximum Gasteiger partial charge on any atom is 0.472 e. The molecular weight excluding hydrogens is 579 g/mol. The number of rotatable bonds is 30. The van der Waals surface area contributed by atoms with Crippen molar-refractivity contribution in [1.82, 2.24) is 0 Å². The van der Waals surface area contributed by atoms with Crippen molar-refractivity contribution in [3.05, 3.63) is 48.6 Å². The van der Waals surface area contributed by atoms with Crippen molar-refractivity contribution in [1.29, 1.82) is 0 Å². The van der Waals surface area contributed by atoms with Crippen LogP contribution in [0.3, 0.4) is 0 Å². The van der Waals surface area contributed by atoms with Crippen molar-refractivity contribution < 1.29 is 37.6 Å². The molecule has 8 nitrogen and oxygen atoms in total. The summed E-state index contributed by atoms with van der Waals surface area (Å²) >= 11 is 0. The Bertz CT molecular complexity index is 865. The Kier molecular flexibility index (Phi) is 29.6. The number of esters is 2. The Morgan fingerprint density at radius 1 is 0.636 bits per heavy atom. The van der Waals surface area contributed by atoms with Gasteiger partial charge < -0.3 is 14.4 Å². The van der Waals surface area contributed by atoms with Crippen LogP contribution in [0.25, 0.3) is 0 Å². The Morgan fingerprint density at radius 3 is 1.68 bits per heavy atom. The van der Waals surface area contributed by atoms with E-state index in [9.17, 15) is 19.0 Å². The second-order valence-electron chi connectivity index (χ2n) is 10.9. The number of ether oxygens (including phenoxy) is 2. The van der Waals surface area contributed by atoms with E-state index < -0.39 is 32.5 Å². The molecule has 0 aromatic heterocycles. The molecule has 1 unspecified atom stereocenters. The molecule has 0 aliphatic carbocycles. The van der Waals surface area contributed by atoms with Gasteiger partial charge in [0.05, 0.1) is 6.61 Å². The van der Waals surface area contributed by atoms with Crippen LogP contribution in [-0.4, -0.2) is 43.3 Å². The summed E-state index contributed by atoms with van der Waals surface area (Å²) in [6, 6.07) is 0. The first-order chi connectivity index (χ1) is 21.3. The average molecular weight is 641 g/mol. The molecular formula is C35H61O8P. The first kappa shape index (κ1) is 42.0. The molecule has 0 heterocycles. The summed E-state index contributed by atoms with van der Waals surface area (Å²) in [5.41, 5.74) is 0. The summed E-state index contributed by atoms with van der Waals surface area (Å²) in [5.74, 6) is -0.879. The van der Waals surface area contributed by atoms with Crippen LogP contribution >= 0.6 is 7.82 Å². The van der Waals surface area contributed by atoms with Crippen molar-refractivity contribution in [2.24, 2.45) is 0 Å². The fourth-order valence-corrected chi connectivity index (χ4v) is 4.64. The minimum absolute atomic E-state index is 0.168. The number of carbonyl (C=O) groups is 2. The third-order valence-electron chi connectivity index (χ3n) is 6.83. The highest BCUT2D eigenvalue weighted by atomic mass is 31.2. The first-order valence-electron chi connectivity index (χ1n) is 16.8. The summed E-state index contributed by atoms with van der Waals surface area (Å²) < 4.78 is 31.6. The van der Waals surface area contributed by atoms with E-state index in [0.717, 1.165) is 52.1 Å². The van der Waals surface area contributed by atoms with E-state index in [-0.39, 0.29) is 19.4 Å². The van der Waals surface area contributed by atoms with E-state index in [1.807, 2.05) is 6.08 Å². The minimum Gasteiger partial charge on any atom is -0.462 e. The van der Waals surface area contributed by atoms with Gasteiger partial charge in [-0.15, -0.1) is 0 Å². The molecule has 0 aromatic carbocycles. The molecule has 0 radical (unpaired) electrons. The summed E-state index contributed by atoms with van der Waals surface area (Å²) in [5, 5.41) is 0. The van der Waals surface area contributed by atoms with Gasteiger partial charge in [-0.3, -0.25) is 18.6 Å². The van der Waals surface area contributed by atoms with Crippen LogP contribution in [0.15, 0.2) is 48.6 Å². The van der Waals surface area contributed by atoms with Gasteiger partial charge in [-0.25, -0.2) is 4.57 Å². The Balaban J connectivity index is 4.23. The molecule has 0 aliphatic heterocycles. The predicted octanol–water partition coefficient (Wildman–Crippen LogP) is 9.88. The summed E-state index contributed by atoms with van der Waals surface area (Å²) in [6.07, 6.45) is 34.7. The van der Waals surface area contributed by atoms with Crippen LogP contribution in [0.1, 0.15) is 136 Å². The van der Waals surface area contributed by atoms with Gasteiger partial charge in [-0.1, -0.05) is 120 Å². The van der Waals surface area contributed by atoms with Crippen LogP contribution in [-0.2, 0) is 32.7 Å². The van der Waals surface area contributed by atoms with Crippen LogP contribution in [0.5, 0.6) is 0 Å². The van der Waals surface area contributed by atoms with Crippen molar-refractivity contribution in [3.63, 3.8) is 0 Å². The Hall–Kier alpha value is -1.99. The van der Waals surface area contributed by atoms with E-state index in [4.69, 9.17) is 14.0 Å². The lowest BCUT2D eigenvalue weighted by atomic mass is 10.1. The van der Waals surface area contributed by atoms with E-state index in [0.29, 0.717) is 6.42 Å². The number of phosphoric acid groups is 1. The maximum atomic E-state index is 12.4. The summed E-state index contributed by atoms with van der Waals surface area (Å²) in [7, 11) is -3.22. The number of unbranched alkanes of at least 4 members (excludes halogenated alkanes) is 11. The van der Waals surface area contributed by atoms with Gasteiger partial charge in [0.2, 0.25) is 0 Å². The summed E-state index contributed by atoms with van der Waals surface area (Å²) in [6.45, 7) is 3.74. The van der Waals surface area contributed by atoms with Gasteiger partial charge in [0.1, 0.15) is 6.61 Å². The zero-order chi connectivity index (χ0) is 32.6. The highest BCUT2D eigenvalue weighted by Gasteiger charge is 2.24. The number of hydrogen-bond acceptors (Lipinski definition) is 7. The van der Waals surface area contributed by atoms with E-state index in [2.05, 4.69) is 60.9 Å². The third-order valence-corrected chi connectivity index (χ3v) is 7.76. The van der Waals surface area contributed by atoms with Crippen molar-refractivity contribution >= 4 is 19.8 Å². The highest BCUT2D eigenvalue weighted by molar-refractivity contribution is 7.47. The van der Waals surface area contributed by atoms with Gasteiger partial charge in [0.15, 0.2) is 6.10 Å². The molecule has 254 valence electrons. The molecule has 0 amide bonds. The Labute approximate surface area is 268 Å². The zero-order valence-electron chi connectivity index (χ0n) is 27.8. The van der Waals surface area contributed by atoms with Gasteiger partial charge in [0.25, 0.3) is 0 Å². The van der Waals surface area contributed by atoms with Crippen molar-refractivity contribution in [2.75, 3.05) is 20.3 Å². The first-order valence-corrected chi connectivity index (χ1v) is 18.3. The largest absolute Gasteiger partial charge is 0.472 e. The summed E-state index contributed by atoms with van der Waals surface area (Å²) in [4.78, 5) is 34.1. The highest BCUT2D eigenvalue weighted by Crippen LogP contribution is 2.42. The molecule has 0 bridgehead atoms. The number of allylic oxidation sites excluding steroid dienone is 8. The van der Waals surface area contributed by atoms with E-state index in [1.165, 1.54) is 57.8 Å². The quantitative estimate of drug-likeness (QED) is 0.0358. The van der Waals surface area contributed by atoms with E-state index >= 15 is 0 Å². The number of hydrogen-bond donors (Lipinski definition) is 1. The van der Waals surface area contributed by atoms with Gasteiger partial charge in [0, 0.05) is 20.0 Å². The molecule has 2 atom stereocenters. The molecule has 0 aliphatic rings. The molecule has 1 N–H and O–H groups in total. The van der Waals surface area contributed by atoms with Gasteiger partial charge >= 0.3 is 19.8 Å². The van der Waals surface area contributed by atoms with Gasteiger partial charge in [-0.05, 0) is 51.4 Å². The number of phosphoric ester groups is 1. The fourth-order valence-electron chi connectivity index (χ4n) is 4.18. The molecule has 0 aromatic rings. The number of carbonyl (C=O) groups excluding carboxylic acids is 2. The SMILES string of the molecule is CCCCC/C=C/C/C=C/C/C=C\C/C=C\CCCC(=O)O[C@H](COC(=O)CCCCCCCCCC)COP(=O)(O)OC. The Morgan fingerprint density at radius 2 is 1.11 bits per heavy atom. The topological polar surface area (TPSA) is 108 Å². The lowest BCUT2D eigenvalue weighted by molar-refractivity contribution is -0.161. The van der Waals surface area contributed by atoms with Crippen molar-refractivity contribution in [3.8, 4) is 0 Å². The molecule has 0 rings (SSSR count). The molecule has 9 heteroatoms. The lowest BCUT2D eigenvalue weighted by Crippen LogP contribution is -2.29. The van der Waals surface area contributed by atoms with Crippen LogP contribution in [0, 0.1) is 0 Å². The van der Waals surface area contributed by atoms with Gasteiger partial charge in [-0.2, -0.15) is 0 Å². The predicted molar refractivity (Wildman–Crippen MR) is 179 cm³/mol.